The lowest BCUT2D eigenvalue weighted by Gasteiger charge is -2.22. The van der Waals surface area contributed by atoms with E-state index >= 15 is 0 Å². The summed E-state index contributed by atoms with van der Waals surface area (Å²) in [5, 5.41) is 4.11. The SMILES string of the molecule is C=CC(=O)N1CCC[C@H]1c1nc(-c2cccc(C(=O)Nc3ccc4ccn(C)c4c3)c2)c2c(N)nccn12. The number of rotatable bonds is 5. The van der Waals surface area contributed by atoms with Gasteiger partial charge in [0, 0.05) is 54.5 Å². The third-order valence-electron chi connectivity index (χ3n) is 7.16. The Morgan fingerprint density at radius 1 is 1.16 bits per heavy atom. The first kappa shape index (κ1) is 23.5. The fourth-order valence-corrected chi connectivity index (χ4v) is 5.29. The summed E-state index contributed by atoms with van der Waals surface area (Å²) in [4.78, 5) is 36.8. The van der Waals surface area contributed by atoms with E-state index in [9.17, 15) is 9.59 Å². The van der Waals surface area contributed by atoms with Crippen LogP contribution in [0.15, 0.2) is 79.8 Å². The van der Waals surface area contributed by atoms with E-state index in [1.54, 1.807) is 23.2 Å². The smallest absolute Gasteiger partial charge is 0.255 e. The summed E-state index contributed by atoms with van der Waals surface area (Å²) in [6, 6.07) is 14.9. The van der Waals surface area contributed by atoms with Crippen molar-refractivity contribution in [3.8, 4) is 11.3 Å². The van der Waals surface area contributed by atoms with Crippen LogP contribution in [0.4, 0.5) is 11.5 Å². The lowest BCUT2D eigenvalue weighted by Crippen LogP contribution is -2.29. The summed E-state index contributed by atoms with van der Waals surface area (Å²) in [5.74, 6) is 0.683. The summed E-state index contributed by atoms with van der Waals surface area (Å²) >= 11 is 0. The number of carbonyl (C=O) groups is 2. The lowest BCUT2D eigenvalue weighted by atomic mass is 10.1. The molecule has 1 atom stereocenters. The maximum atomic E-state index is 13.2. The molecule has 38 heavy (non-hydrogen) atoms. The number of nitrogen functional groups attached to an aromatic ring is 1. The van der Waals surface area contributed by atoms with Crippen LogP contribution < -0.4 is 11.1 Å². The van der Waals surface area contributed by atoms with Crippen molar-refractivity contribution in [2.45, 2.75) is 18.9 Å². The van der Waals surface area contributed by atoms with Gasteiger partial charge in [0.1, 0.15) is 22.9 Å². The molecule has 0 bridgehead atoms. The van der Waals surface area contributed by atoms with Gasteiger partial charge in [-0.1, -0.05) is 24.8 Å². The largest absolute Gasteiger partial charge is 0.382 e. The van der Waals surface area contributed by atoms with Gasteiger partial charge in [-0.3, -0.25) is 14.0 Å². The second kappa shape index (κ2) is 9.19. The molecule has 0 saturated carbocycles. The molecule has 1 saturated heterocycles. The van der Waals surface area contributed by atoms with Crippen LogP contribution in [-0.4, -0.2) is 42.2 Å². The number of nitrogens with one attached hydrogen (secondary N) is 1. The Kier molecular flexibility index (Phi) is 5.68. The quantitative estimate of drug-likeness (QED) is 0.340. The number of hydrogen-bond acceptors (Lipinski definition) is 5. The van der Waals surface area contributed by atoms with Crippen LogP contribution in [0, 0.1) is 0 Å². The first-order valence-electron chi connectivity index (χ1n) is 12.5. The van der Waals surface area contributed by atoms with E-state index < -0.39 is 0 Å². The van der Waals surface area contributed by atoms with E-state index in [1.807, 2.05) is 64.8 Å². The fourth-order valence-electron chi connectivity index (χ4n) is 5.29. The van der Waals surface area contributed by atoms with Crippen molar-refractivity contribution in [1.82, 2.24) is 23.8 Å². The molecule has 2 amide bonds. The highest BCUT2D eigenvalue weighted by molar-refractivity contribution is 6.06. The van der Waals surface area contributed by atoms with E-state index in [4.69, 9.17) is 10.7 Å². The zero-order chi connectivity index (χ0) is 26.4. The average molecular weight is 506 g/mol. The van der Waals surface area contributed by atoms with E-state index in [1.165, 1.54) is 6.08 Å². The number of anilines is 2. The number of aromatic nitrogens is 4. The Balaban J connectivity index is 1.38. The van der Waals surface area contributed by atoms with Crippen molar-refractivity contribution < 1.29 is 9.59 Å². The molecule has 3 N–H and O–H groups in total. The molecule has 0 aliphatic carbocycles. The molecule has 4 heterocycles. The van der Waals surface area contributed by atoms with Gasteiger partial charge in [-0.15, -0.1) is 0 Å². The van der Waals surface area contributed by atoms with Crippen molar-refractivity contribution in [1.29, 1.82) is 0 Å². The number of carbonyl (C=O) groups excluding carboxylic acids is 2. The summed E-state index contributed by atoms with van der Waals surface area (Å²) in [6.45, 7) is 4.29. The standard InChI is InChI=1S/C29H27N7O2/c1-3-24(37)35-13-5-8-22(35)28-33-25(26-27(30)31-12-15-36(26)28)19-6-4-7-20(16-19)29(38)32-21-10-9-18-11-14-34(2)23(18)17-21/h3-4,6-7,9-12,14-17,22H,1,5,8,13H2,2H3,(H2,30,31)(H,32,38)/t22-/m0/s1. The fraction of sp³-hybridized carbons (Fsp3) is 0.172. The first-order valence-corrected chi connectivity index (χ1v) is 12.5. The van der Waals surface area contributed by atoms with Gasteiger partial charge in [-0.25, -0.2) is 9.97 Å². The Morgan fingerprint density at radius 2 is 2.03 bits per heavy atom. The maximum absolute atomic E-state index is 13.2. The van der Waals surface area contributed by atoms with Gasteiger partial charge in [-0.05, 0) is 54.6 Å². The van der Waals surface area contributed by atoms with Crippen molar-refractivity contribution in [3.63, 3.8) is 0 Å². The predicted molar refractivity (Wildman–Crippen MR) is 148 cm³/mol. The number of amides is 2. The van der Waals surface area contributed by atoms with E-state index in [2.05, 4.69) is 16.9 Å². The molecule has 190 valence electrons. The molecular formula is C29H27N7O2. The minimum absolute atomic E-state index is 0.125. The second-order valence-electron chi connectivity index (χ2n) is 9.48. The summed E-state index contributed by atoms with van der Waals surface area (Å²) < 4.78 is 3.92. The van der Waals surface area contributed by atoms with Gasteiger partial charge < -0.3 is 20.5 Å². The van der Waals surface area contributed by atoms with Crippen molar-refractivity contribution in [2.75, 3.05) is 17.6 Å². The summed E-state index contributed by atoms with van der Waals surface area (Å²) in [5.41, 5.74) is 10.6. The van der Waals surface area contributed by atoms with Gasteiger partial charge in [0.25, 0.3) is 5.91 Å². The summed E-state index contributed by atoms with van der Waals surface area (Å²) in [7, 11) is 1.97. The van der Waals surface area contributed by atoms with Crippen LogP contribution in [-0.2, 0) is 11.8 Å². The minimum Gasteiger partial charge on any atom is -0.382 e. The highest BCUT2D eigenvalue weighted by Gasteiger charge is 2.33. The topological polar surface area (TPSA) is 111 Å². The molecule has 1 aliphatic heterocycles. The van der Waals surface area contributed by atoms with Crippen molar-refractivity contribution >= 4 is 39.7 Å². The first-order chi connectivity index (χ1) is 18.4. The number of fused-ring (bicyclic) bond motifs is 2. The summed E-state index contributed by atoms with van der Waals surface area (Å²) in [6.07, 6.45) is 8.42. The number of imidazole rings is 1. The van der Waals surface area contributed by atoms with E-state index in [-0.39, 0.29) is 17.9 Å². The second-order valence-corrected chi connectivity index (χ2v) is 9.48. The van der Waals surface area contributed by atoms with Gasteiger partial charge in [0.05, 0.1) is 6.04 Å². The number of nitrogens with two attached hydrogens (primary N) is 1. The van der Waals surface area contributed by atoms with Crippen molar-refractivity contribution in [3.05, 3.63) is 91.2 Å². The highest BCUT2D eigenvalue weighted by Crippen LogP contribution is 2.36. The normalized spacial score (nSPS) is 15.3. The van der Waals surface area contributed by atoms with Crippen LogP contribution >= 0.6 is 0 Å². The highest BCUT2D eigenvalue weighted by atomic mass is 16.2. The van der Waals surface area contributed by atoms with Crippen LogP contribution in [0.5, 0.6) is 0 Å². The zero-order valence-corrected chi connectivity index (χ0v) is 21.0. The van der Waals surface area contributed by atoms with Crippen LogP contribution in [0.3, 0.4) is 0 Å². The monoisotopic (exact) mass is 505 g/mol. The third-order valence-corrected chi connectivity index (χ3v) is 7.16. The molecule has 3 aromatic heterocycles. The molecular weight excluding hydrogens is 478 g/mol. The van der Waals surface area contributed by atoms with Crippen LogP contribution in [0.25, 0.3) is 27.7 Å². The molecule has 9 heteroatoms. The molecule has 1 fully saturated rings. The zero-order valence-electron chi connectivity index (χ0n) is 21.0. The average Bonchev–Trinajstić information content (AvgIpc) is 3.66. The number of nitrogens with zero attached hydrogens (tertiary/aromatic N) is 5. The van der Waals surface area contributed by atoms with Crippen LogP contribution in [0.2, 0.25) is 0 Å². The van der Waals surface area contributed by atoms with Gasteiger partial charge in [-0.2, -0.15) is 0 Å². The lowest BCUT2D eigenvalue weighted by molar-refractivity contribution is -0.127. The Hall–Kier alpha value is -4.92. The molecule has 5 aromatic rings. The van der Waals surface area contributed by atoms with Gasteiger partial charge in [0.15, 0.2) is 0 Å². The number of aryl methyl sites for hydroxylation is 1. The molecule has 9 nitrogen and oxygen atoms in total. The van der Waals surface area contributed by atoms with Gasteiger partial charge >= 0.3 is 0 Å². The Bertz CT molecular complexity index is 1730. The number of benzene rings is 2. The molecule has 0 spiro atoms. The Labute approximate surface area is 219 Å². The molecule has 0 unspecified atom stereocenters. The molecule has 2 aromatic carbocycles. The molecule has 0 radical (unpaired) electrons. The van der Waals surface area contributed by atoms with E-state index in [0.29, 0.717) is 40.6 Å². The number of likely N-dealkylation sites (tertiary alicyclic amines) is 1. The maximum Gasteiger partial charge on any atom is 0.255 e. The van der Waals surface area contributed by atoms with Crippen LogP contribution in [0.1, 0.15) is 35.1 Å². The van der Waals surface area contributed by atoms with E-state index in [0.717, 1.165) is 29.3 Å². The third kappa shape index (κ3) is 3.88. The van der Waals surface area contributed by atoms with Crippen molar-refractivity contribution in [2.24, 2.45) is 7.05 Å². The predicted octanol–water partition coefficient (Wildman–Crippen LogP) is 4.57. The Morgan fingerprint density at radius 3 is 2.87 bits per heavy atom. The molecule has 6 rings (SSSR count). The number of hydrogen-bond donors (Lipinski definition) is 2. The minimum atomic E-state index is -0.228. The van der Waals surface area contributed by atoms with Gasteiger partial charge in [0.2, 0.25) is 5.91 Å². The molecule has 1 aliphatic rings.